The third-order valence-electron chi connectivity index (χ3n) is 5.66. The van der Waals surface area contributed by atoms with Crippen LogP contribution >= 0.6 is 23.2 Å². The minimum atomic E-state index is -4.77. The highest BCUT2D eigenvalue weighted by molar-refractivity contribution is 6.34. The Morgan fingerprint density at radius 3 is 2.44 bits per heavy atom. The Morgan fingerprint density at radius 1 is 1.21 bits per heavy atom. The summed E-state index contributed by atoms with van der Waals surface area (Å²) in [4.78, 5) is 34.0. The Balaban J connectivity index is 1.58. The Bertz CT molecular complexity index is 1170. The highest BCUT2D eigenvalue weighted by Gasteiger charge is 2.60. The number of carbonyl (C=O) groups excluding carboxylic acids is 2. The summed E-state index contributed by atoms with van der Waals surface area (Å²) in [5, 5.41) is 6.47. The van der Waals surface area contributed by atoms with Crippen LogP contribution in [0.5, 0.6) is 0 Å². The Hall–Kier alpha value is -2.82. The summed E-state index contributed by atoms with van der Waals surface area (Å²) in [5.41, 5.74) is 0.887. The van der Waals surface area contributed by atoms with Gasteiger partial charge in [-0.05, 0) is 54.8 Å². The first-order chi connectivity index (χ1) is 16.0. The molecular formula is C22H18Cl2F3N3O4. The predicted molar refractivity (Wildman–Crippen MR) is 118 cm³/mol. The van der Waals surface area contributed by atoms with E-state index in [4.69, 9.17) is 32.9 Å². The topological polar surface area (TPSA) is 89.0 Å². The quantitative estimate of drug-likeness (QED) is 0.630. The maximum Gasteiger partial charge on any atom is 0.435 e. The molecule has 0 spiro atoms. The molecule has 34 heavy (non-hydrogen) atoms. The van der Waals surface area contributed by atoms with Crippen molar-refractivity contribution >= 4 is 40.7 Å². The van der Waals surface area contributed by atoms with Crippen molar-refractivity contribution in [2.75, 3.05) is 6.61 Å². The lowest BCUT2D eigenvalue weighted by Gasteiger charge is -2.36. The molecule has 0 saturated carbocycles. The van der Waals surface area contributed by atoms with E-state index >= 15 is 0 Å². The van der Waals surface area contributed by atoms with E-state index in [-0.39, 0.29) is 28.6 Å². The third-order valence-corrected chi connectivity index (χ3v) is 6.10. The Kier molecular flexibility index (Phi) is 6.50. The lowest BCUT2D eigenvalue weighted by molar-refractivity contribution is -0.291. The lowest BCUT2D eigenvalue weighted by atomic mass is 9.85. The molecule has 2 aromatic rings. The van der Waals surface area contributed by atoms with Crippen LogP contribution in [0.1, 0.15) is 39.9 Å². The van der Waals surface area contributed by atoms with E-state index in [1.807, 2.05) is 0 Å². The van der Waals surface area contributed by atoms with Crippen molar-refractivity contribution in [3.05, 3.63) is 68.7 Å². The molecule has 1 saturated heterocycles. The van der Waals surface area contributed by atoms with Gasteiger partial charge in [-0.1, -0.05) is 34.4 Å². The molecule has 0 aromatic heterocycles. The summed E-state index contributed by atoms with van der Waals surface area (Å²) in [6, 6.07) is 7.55. The molecule has 180 valence electrons. The molecule has 2 unspecified atom stereocenters. The van der Waals surface area contributed by atoms with Gasteiger partial charge >= 0.3 is 6.18 Å². The van der Waals surface area contributed by atoms with Gasteiger partial charge < -0.3 is 10.2 Å². The number of carbonyl (C=O) groups is 2. The monoisotopic (exact) mass is 515 g/mol. The zero-order valence-corrected chi connectivity index (χ0v) is 19.1. The summed E-state index contributed by atoms with van der Waals surface area (Å²) in [5.74, 6) is -0.934. The molecule has 2 amide bonds. The SMILES string of the molecule is Cc1cc(C2=NOC(c3cc(Cl)cc(Cl)c3)(C(F)(F)F)CC2)ccc1C(=O)NC1CONC1=O. The Morgan fingerprint density at radius 2 is 1.91 bits per heavy atom. The van der Waals surface area contributed by atoms with Crippen LogP contribution in [-0.2, 0) is 20.1 Å². The zero-order valence-electron chi connectivity index (χ0n) is 17.6. The van der Waals surface area contributed by atoms with Gasteiger partial charge in [-0.3, -0.25) is 14.4 Å². The van der Waals surface area contributed by atoms with Crippen molar-refractivity contribution in [3.63, 3.8) is 0 Å². The minimum absolute atomic E-state index is 0.00857. The fraction of sp³-hybridized carbons (Fsp3) is 0.318. The highest BCUT2D eigenvalue weighted by atomic mass is 35.5. The van der Waals surface area contributed by atoms with Gasteiger partial charge in [0.2, 0.25) is 0 Å². The van der Waals surface area contributed by atoms with E-state index in [0.717, 1.165) is 12.1 Å². The second-order valence-corrected chi connectivity index (χ2v) is 8.82. The molecule has 0 radical (unpaired) electrons. The molecule has 2 heterocycles. The van der Waals surface area contributed by atoms with Crippen LogP contribution in [0.25, 0.3) is 0 Å². The lowest BCUT2D eigenvalue weighted by Crippen LogP contribution is -2.46. The van der Waals surface area contributed by atoms with Crippen LogP contribution in [0.4, 0.5) is 13.2 Å². The van der Waals surface area contributed by atoms with Gasteiger partial charge in [0, 0.05) is 27.6 Å². The number of nitrogens with zero attached hydrogens (tertiary/aromatic N) is 1. The minimum Gasteiger partial charge on any atom is -0.374 e. The van der Waals surface area contributed by atoms with Gasteiger partial charge in [-0.2, -0.15) is 13.2 Å². The van der Waals surface area contributed by atoms with E-state index in [0.29, 0.717) is 22.4 Å². The van der Waals surface area contributed by atoms with Crippen molar-refractivity contribution in [1.82, 2.24) is 10.8 Å². The first-order valence-corrected chi connectivity index (χ1v) is 10.9. The third kappa shape index (κ3) is 4.57. The molecule has 0 aliphatic carbocycles. The Labute approximate surface area is 202 Å². The normalized spacial score (nSPS) is 22.6. The van der Waals surface area contributed by atoms with Gasteiger partial charge in [0.15, 0.2) is 0 Å². The van der Waals surface area contributed by atoms with Crippen molar-refractivity contribution in [3.8, 4) is 0 Å². The number of rotatable bonds is 4. The maximum absolute atomic E-state index is 14.1. The number of aryl methyl sites for hydroxylation is 1. The molecule has 4 rings (SSSR count). The summed E-state index contributed by atoms with van der Waals surface area (Å²) in [6.45, 7) is 1.68. The average molecular weight is 516 g/mol. The number of alkyl halides is 3. The number of nitrogens with one attached hydrogen (secondary N) is 2. The molecule has 12 heteroatoms. The van der Waals surface area contributed by atoms with E-state index in [2.05, 4.69) is 16.0 Å². The molecule has 2 aliphatic heterocycles. The number of hydrogen-bond donors (Lipinski definition) is 2. The number of oxime groups is 1. The molecule has 2 aliphatic rings. The average Bonchev–Trinajstić information content (AvgIpc) is 3.16. The first-order valence-electron chi connectivity index (χ1n) is 10.1. The predicted octanol–water partition coefficient (Wildman–Crippen LogP) is 4.43. The number of benzene rings is 2. The van der Waals surface area contributed by atoms with E-state index in [1.54, 1.807) is 19.1 Å². The van der Waals surface area contributed by atoms with E-state index in [1.165, 1.54) is 12.1 Å². The zero-order chi connectivity index (χ0) is 24.7. The van der Waals surface area contributed by atoms with Crippen LogP contribution in [0.15, 0.2) is 41.6 Å². The van der Waals surface area contributed by atoms with Crippen LogP contribution in [-0.4, -0.2) is 36.4 Å². The number of hydrogen-bond acceptors (Lipinski definition) is 5. The van der Waals surface area contributed by atoms with Crippen molar-refractivity contribution in [1.29, 1.82) is 0 Å². The molecule has 0 bridgehead atoms. The molecule has 2 aromatic carbocycles. The van der Waals surface area contributed by atoms with E-state index in [9.17, 15) is 22.8 Å². The van der Waals surface area contributed by atoms with Crippen molar-refractivity contribution < 1.29 is 32.4 Å². The second-order valence-electron chi connectivity index (χ2n) is 7.95. The fourth-order valence-corrected chi connectivity index (χ4v) is 4.37. The summed E-state index contributed by atoms with van der Waals surface area (Å²) < 4.78 is 42.3. The summed E-state index contributed by atoms with van der Waals surface area (Å²) in [7, 11) is 0. The largest absolute Gasteiger partial charge is 0.435 e. The summed E-state index contributed by atoms with van der Waals surface area (Å²) in [6.07, 6.45) is -5.26. The maximum atomic E-state index is 14.1. The standard InChI is InChI=1S/C22H18Cl2F3N3O4/c1-11-6-12(2-3-16(11)19(31)28-18-10-33-30-20(18)32)17-4-5-21(34-29-17,22(25,26)27)13-7-14(23)9-15(24)8-13/h2-3,6-9,18H,4-5,10H2,1H3,(H,28,31)(H,30,32). The van der Waals surface area contributed by atoms with Crippen molar-refractivity contribution in [2.24, 2.45) is 5.16 Å². The second kappa shape index (κ2) is 9.09. The summed E-state index contributed by atoms with van der Waals surface area (Å²) >= 11 is 11.8. The van der Waals surface area contributed by atoms with Gasteiger partial charge in [0.1, 0.15) is 12.6 Å². The number of hydroxylamine groups is 1. The van der Waals surface area contributed by atoms with Crippen LogP contribution < -0.4 is 10.8 Å². The number of amides is 2. The highest BCUT2D eigenvalue weighted by Crippen LogP contribution is 2.49. The van der Waals surface area contributed by atoms with Crippen LogP contribution in [0, 0.1) is 6.92 Å². The molecular weight excluding hydrogens is 498 g/mol. The van der Waals surface area contributed by atoms with Crippen LogP contribution in [0.2, 0.25) is 10.0 Å². The number of halogens is 5. The first kappa shape index (κ1) is 24.3. The smallest absolute Gasteiger partial charge is 0.374 e. The molecule has 2 N–H and O–H groups in total. The van der Waals surface area contributed by atoms with Gasteiger partial charge in [-0.15, -0.1) is 0 Å². The van der Waals surface area contributed by atoms with Crippen molar-refractivity contribution in [2.45, 2.75) is 37.6 Å². The fourth-order valence-electron chi connectivity index (χ4n) is 3.84. The molecule has 2 atom stereocenters. The molecule has 1 fully saturated rings. The van der Waals surface area contributed by atoms with Gasteiger partial charge in [-0.25, -0.2) is 5.48 Å². The van der Waals surface area contributed by atoms with Gasteiger partial charge in [0.05, 0.1) is 5.71 Å². The molecule has 7 nitrogen and oxygen atoms in total. The van der Waals surface area contributed by atoms with Gasteiger partial charge in [0.25, 0.3) is 17.4 Å². The van der Waals surface area contributed by atoms with Crippen LogP contribution in [0.3, 0.4) is 0 Å². The van der Waals surface area contributed by atoms with E-state index < -0.39 is 36.1 Å².